The van der Waals surface area contributed by atoms with Gasteiger partial charge in [-0.1, -0.05) is 49.4 Å². The number of benzene rings is 2. The average Bonchev–Trinajstić information content (AvgIpc) is 2.47. The summed E-state index contributed by atoms with van der Waals surface area (Å²) in [4.78, 5) is 11.9. The van der Waals surface area contributed by atoms with Crippen LogP contribution in [-0.2, 0) is 13.0 Å². The van der Waals surface area contributed by atoms with E-state index in [2.05, 4.69) is 17.6 Å². The number of hydrogen-bond donors (Lipinski definition) is 2. The summed E-state index contributed by atoms with van der Waals surface area (Å²) < 4.78 is 0. The predicted molar refractivity (Wildman–Crippen MR) is 82.9 cm³/mol. The number of carbonyl (C=O) groups excluding carboxylic acids is 1. The Morgan fingerprint density at radius 3 is 2.35 bits per heavy atom. The van der Waals surface area contributed by atoms with Crippen molar-refractivity contribution in [1.82, 2.24) is 5.32 Å². The van der Waals surface area contributed by atoms with Crippen LogP contribution in [0.3, 0.4) is 0 Å². The number of anilines is 1. The molecule has 0 aliphatic carbocycles. The van der Waals surface area contributed by atoms with Gasteiger partial charge >= 0.3 is 6.03 Å². The molecule has 2 aromatic rings. The molecule has 2 amide bonds. The number of amides is 2. The van der Waals surface area contributed by atoms with Crippen LogP contribution in [0.25, 0.3) is 0 Å². The van der Waals surface area contributed by atoms with Gasteiger partial charge in [0.15, 0.2) is 0 Å². The van der Waals surface area contributed by atoms with Crippen LogP contribution in [-0.4, -0.2) is 6.03 Å². The third-order valence-electron chi connectivity index (χ3n) is 3.35. The summed E-state index contributed by atoms with van der Waals surface area (Å²) in [5, 5.41) is 5.79. The second-order valence-electron chi connectivity index (χ2n) is 4.74. The molecule has 2 N–H and O–H groups in total. The minimum absolute atomic E-state index is 0.172. The normalized spacial score (nSPS) is 10.1. The Kier molecular flexibility index (Phi) is 4.77. The molecule has 0 atom stereocenters. The van der Waals surface area contributed by atoms with E-state index >= 15 is 0 Å². The van der Waals surface area contributed by atoms with E-state index in [9.17, 15) is 4.79 Å². The fourth-order valence-electron chi connectivity index (χ4n) is 2.10. The first kappa shape index (κ1) is 14.1. The van der Waals surface area contributed by atoms with E-state index in [0.717, 1.165) is 23.2 Å². The Hall–Kier alpha value is -2.29. The molecule has 3 heteroatoms. The molecule has 2 rings (SSSR count). The van der Waals surface area contributed by atoms with Crippen molar-refractivity contribution in [3.8, 4) is 0 Å². The standard InChI is InChI=1S/C17H20N2O/c1-3-14-9-6-7-11-16(14)19-17(20)18-12-15-10-5-4-8-13(15)2/h4-11H,3,12H2,1-2H3,(H2,18,19,20). The van der Waals surface area contributed by atoms with Crippen molar-refractivity contribution in [3.63, 3.8) is 0 Å². The molecular weight excluding hydrogens is 248 g/mol. The summed E-state index contributed by atoms with van der Waals surface area (Å²) in [6.45, 7) is 4.65. The summed E-state index contributed by atoms with van der Waals surface area (Å²) in [7, 11) is 0. The summed E-state index contributed by atoms with van der Waals surface area (Å²) in [6, 6.07) is 15.7. The third kappa shape index (κ3) is 3.60. The molecule has 0 saturated carbocycles. The molecule has 0 spiro atoms. The van der Waals surface area contributed by atoms with Gasteiger partial charge in [0, 0.05) is 12.2 Å². The fourth-order valence-corrected chi connectivity index (χ4v) is 2.10. The van der Waals surface area contributed by atoms with Crippen molar-refractivity contribution in [1.29, 1.82) is 0 Å². The number of urea groups is 1. The quantitative estimate of drug-likeness (QED) is 0.868. The van der Waals surface area contributed by atoms with Crippen LogP contribution in [0.4, 0.5) is 10.5 Å². The maximum absolute atomic E-state index is 11.9. The average molecular weight is 268 g/mol. The molecule has 0 bridgehead atoms. The molecule has 0 radical (unpaired) electrons. The lowest BCUT2D eigenvalue weighted by Gasteiger charge is -2.11. The van der Waals surface area contributed by atoms with Crippen LogP contribution in [0.2, 0.25) is 0 Å². The molecule has 0 heterocycles. The zero-order valence-electron chi connectivity index (χ0n) is 11.9. The molecule has 0 unspecified atom stereocenters. The predicted octanol–water partition coefficient (Wildman–Crippen LogP) is 3.88. The molecule has 104 valence electrons. The van der Waals surface area contributed by atoms with Crippen molar-refractivity contribution in [2.24, 2.45) is 0 Å². The Balaban J connectivity index is 1.95. The Morgan fingerprint density at radius 1 is 1.00 bits per heavy atom. The van der Waals surface area contributed by atoms with Gasteiger partial charge in [0.05, 0.1) is 0 Å². The smallest absolute Gasteiger partial charge is 0.319 e. The van der Waals surface area contributed by atoms with Crippen LogP contribution in [0.1, 0.15) is 23.6 Å². The minimum atomic E-state index is -0.172. The lowest BCUT2D eigenvalue weighted by atomic mass is 10.1. The number of rotatable bonds is 4. The highest BCUT2D eigenvalue weighted by Crippen LogP contribution is 2.15. The van der Waals surface area contributed by atoms with Gasteiger partial charge in [-0.05, 0) is 36.1 Å². The van der Waals surface area contributed by atoms with Gasteiger partial charge in [0.2, 0.25) is 0 Å². The molecule has 2 aromatic carbocycles. The van der Waals surface area contributed by atoms with Crippen LogP contribution in [0.15, 0.2) is 48.5 Å². The van der Waals surface area contributed by atoms with Crippen molar-refractivity contribution < 1.29 is 4.79 Å². The fraction of sp³-hybridized carbons (Fsp3) is 0.235. The first-order valence-electron chi connectivity index (χ1n) is 6.88. The van der Waals surface area contributed by atoms with Gasteiger partial charge in [-0.2, -0.15) is 0 Å². The van der Waals surface area contributed by atoms with Crippen molar-refractivity contribution in [2.45, 2.75) is 26.8 Å². The Labute approximate surface area is 120 Å². The maximum atomic E-state index is 11.9. The topological polar surface area (TPSA) is 41.1 Å². The van der Waals surface area contributed by atoms with Gasteiger partial charge in [-0.25, -0.2) is 4.79 Å². The van der Waals surface area contributed by atoms with Gasteiger partial charge in [-0.3, -0.25) is 0 Å². The molecule has 0 aliphatic rings. The highest BCUT2D eigenvalue weighted by Gasteiger charge is 2.05. The van der Waals surface area contributed by atoms with E-state index in [0.29, 0.717) is 6.54 Å². The monoisotopic (exact) mass is 268 g/mol. The zero-order chi connectivity index (χ0) is 14.4. The van der Waals surface area contributed by atoms with E-state index in [-0.39, 0.29) is 6.03 Å². The number of aryl methyl sites for hydroxylation is 2. The van der Waals surface area contributed by atoms with Crippen molar-refractivity contribution >= 4 is 11.7 Å². The molecule has 3 nitrogen and oxygen atoms in total. The van der Waals surface area contributed by atoms with Crippen LogP contribution in [0.5, 0.6) is 0 Å². The second-order valence-corrected chi connectivity index (χ2v) is 4.74. The summed E-state index contributed by atoms with van der Waals surface area (Å²) in [5.41, 5.74) is 4.32. The number of para-hydroxylation sites is 1. The molecule has 0 saturated heterocycles. The lowest BCUT2D eigenvalue weighted by Crippen LogP contribution is -2.28. The summed E-state index contributed by atoms with van der Waals surface area (Å²) >= 11 is 0. The largest absolute Gasteiger partial charge is 0.334 e. The number of nitrogens with one attached hydrogen (secondary N) is 2. The van der Waals surface area contributed by atoms with Gasteiger partial charge < -0.3 is 10.6 Å². The van der Waals surface area contributed by atoms with Gasteiger partial charge in [0.25, 0.3) is 0 Å². The van der Waals surface area contributed by atoms with E-state index in [1.807, 2.05) is 55.5 Å². The summed E-state index contributed by atoms with van der Waals surface area (Å²) in [5.74, 6) is 0. The molecule has 0 aliphatic heterocycles. The lowest BCUT2D eigenvalue weighted by molar-refractivity contribution is 0.251. The van der Waals surface area contributed by atoms with E-state index < -0.39 is 0 Å². The molecule has 20 heavy (non-hydrogen) atoms. The van der Waals surface area contributed by atoms with E-state index in [4.69, 9.17) is 0 Å². The van der Waals surface area contributed by atoms with Crippen LogP contribution >= 0.6 is 0 Å². The number of hydrogen-bond acceptors (Lipinski definition) is 1. The maximum Gasteiger partial charge on any atom is 0.319 e. The summed E-state index contributed by atoms with van der Waals surface area (Å²) in [6.07, 6.45) is 0.897. The van der Waals surface area contributed by atoms with Crippen molar-refractivity contribution in [3.05, 3.63) is 65.2 Å². The van der Waals surface area contributed by atoms with Crippen LogP contribution < -0.4 is 10.6 Å². The van der Waals surface area contributed by atoms with Crippen LogP contribution in [0, 0.1) is 6.92 Å². The minimum Gasteiger partial charge on any atom is -0.334 e. The first-order valence-corrected chi connectivity index (χ1v) is 6.88. The zero-order valence-corrected chi connectivity index (χ0v) is 11.9. The van der Waals surface area contributed by atoms with E-state index in [1.54, 1.807) is 0 Å². The molecule has 0 aromatic heterocycles. The van der Waals surface area contributed by atoms with E-state index in [1.165, 1.54) is 5.56 Å². The highest BCUT2D eigenvalue weighted by atomic mass is 16.2. The third-order valence-corrected chi connectivity index (χ3v) is 3.35. The Morgan fingerprint density at radius 2 is 1.65 bits per heavy atom. The number of carbonyl (C=O) groups is 1. The van der Waals surface area contributed by atoms with Crippen molar-refractivity contribution in [2.75, 3.05) is 5.32 Å². The molecule has 0 fully saturated rings. The SMILES string of the molecule is CCc1ccccc1NC(=O)NCc1ccccc1C. The Bertz CT molecular complexity index is 593. The second kappa shape index (κ2) is 6.75. The van der Waals surface area contributed by atoms with Gasteiger partial charge in [-0.15, -0.1) is 0 Å². The first-order chi connectivity index (χ1) is 9.70. The highest BCUT2D eigenvalue weighted by molar-refractivity contribution is 5.90. The van der Waals surface area contributed by atoms with Gasteiger partial charge in [0.1, 0.15) is 0 Å². The molecular formula is C17H20N2O.